The van der Waals surface area contributed by atoms with Crippen LogP contribution in [0.25, 0.3) is 100.0 Å². The van der Waals surface area contributed by atoms with Crippen molar-refractivity contribution in [3.8, 4) is 67.3 Å². The number of aromatic nitrogens is 2. The van der Waals surface area contributed by atoms with Crippen molar-refractivity contribution in [1.29, 1.82) is 0 Å². The first kappa shape index (κ1) is 30.7. The molecule has 0 radical (unpaired) electrons. The van der Waals surface area contributed by atoms with Crippen molar-refractivity contribution in [3.63, 3.8) is 0 Å². The van der Waals surface area contributed by atoms with Gasteiger partial charge in [0, 0.05) is 27.5 Å². The number of hydrogen-bond acceptors (Lipinski definition) is 3. The van der Waals surface area contributed by atoms with E-state index < -0.39 is 0 Å². The number of nitrogens with zero attached hydrogens (tertiary/aromatic N) is 2. The topological polar surface area (TPSA) is 38.9 Å². The monoisotopic (exact) mass is 676 g/mol. The van der Waals surface area contributed by atoms with Crippen LogP contribution in [0.1, 0.15) is 0 Å². The van der Waals surface area contributed by atoms with Crippen LogP contribution in [0.3, 0.4) is 0 Å². The highest BCUT2D eigenvalue weighted by molar-refractivity contribution is 6.06. The zero-order valence-corrected chi connectivity index (χ0v) is 28.8. The van der Waals surface area contributed by atoms with Crippen LogP contribution >= 0.6 is 0 Å². The summed E-state index contributed by atoms with van der Waals surface area (Å²) in [5, 5.41) is 4.75. The smallest absolute Gasteiger partial charge is 0.160 e. The first-order valence-electron chi connectivity index (χ1n) is 17.9. The standard InChI is InChI=1S/C50H32N2O/c1-2-10-38(11-3-1)50-51-46(37-24-21-35(22-25-37)41-26-23-33-9-4-5-12-39(33)29-41)32-47(52-50)43-14-8-13-40(30-43)34-17-19-36(20-18-34)42-27-28-49-45(31-42)44-15-6-7-16-48(44)53-49/h1-32H. The lowest BCUT2D eigenvalue weighted by molar-refractivity contribution is 0.669. The second-order valence-electron chi connectivity index (χ2n) is 13.4. The Morgan fingerprint density at radius 2 is 0.811 bits per heavy atom. The molecular formula is C50H32N2O. The summed E-state index contributed by atoms with van der Waals surface area (Å²) in [6.07, 6.45) is 0. The van der Waals surface area contributed by atoms with Crippen molar-refractivity contribution in [2.24, 2.45) is 0 Å². The molecule has 3 heteroatoms. The van der Waals surface area contributed by atoms with Crippen LogP contribution in [-0.4, -0.2) is 9.97 Å². The molecule has 0 aliphatic rings. The van der Waals surface area contributed by atoms with Crippen molar-refractivity contribution < 1.29 is 4.42 Å². The molecule has 8 aromatic carbocycles. The van der Waals surface area contributed by atoms with E-state index in [9.17, 15) is 0 Å². The average molecular weight is 677 g/mol. The molecule has 0 saturated heterocycles. The van der Waals surface area contributed by atoms with Crippen molar-refractivity contribution in [3.05, 3.63) is 194 Å². The molecule has 0 aliphatic carbocycles. The van der Waals surface area contributed by atoms with Crippen LogP contribution in [0.2, 0.25) is 0 Å². The fraction of sp³-hybridized carbons (Fsp3) is 0. The van der Waals surface area contributed by atoms with Gasteiger partial charge in [-0.05, 0) is 80.6 Å². The maximum absolute atomic E-state index is 6.06. The molecule has 0 N–H and O–H groups in total. The fourth-order valence-electron chi connectivity index (χ4n) is 7.28. The number of rotatable bonds is 6. The summed E-state index contributed by atoms with van der Waals surface area (Å²) in [4.78, 5) is 10.2. The van der Waals surface area contributed by atoms with E-state index in [-0.39, 0.29) is 0 Å². The minimum absolute atomic E-state index is 0.703. The molecule has 10 rings (SSSR count). The van der Waals surface area contributed by atoms with Gasteiger partial charge >= 0.3 is 0 Å². The number of para-hydroxylation sites is 1. The number of hydrogen-bond donors (Lipinski definition) is 0. The Hall–Kier alpha value is -7.10. The predicted octanol–water partition coefficient (Wildman–Crippen LogP) is 13.5. The van der Waals surface area contributed by atoms with Gasteiger partial charge in [0.15, 0.2) is 5.82 Å². The van der Waals surface area contributed by atoms with E-state index in [1.54, 1.807) is 0 Å². The van der Waals surface area contributed by atoms with E-state index in [0.717, 1.165) is 72.3 Å². The quantitative estimate of drug-likeness (QED) is 0.176. The summed E-state index contributed by atoms with van der Waals surface area (Å²) in [6, 6.07) is 68.2. The molecule has 0 atom stereocenters. The third-order valence-corrected chi connectivity index (χ3v) is 10.1. The largest absolute Gasteiger partial charge is 0.456 e. The van der Waals surface area contributed by atoms with E-state index in [1.807, 2.05) is 30.3 Å². The predicted molar refractivity (Wildman–Crippen MR) is 219 cm³/mol. The van der Waals surface area contributed by atoms with Gasteiger partial charge in [0.05, 0.1) is 11.4 Å². The molecule has 0 amide bonds. The summed E-state index contributed by atoms with van der Waals surface area (Å²) in [7, 11) is 0. The minimum Gasteiger partial charge on any atom is -0.456 e. The van der Waals surface area contributed by atoms with Crippen LogP contribution in [0.15, 0.2) is 199 Å². The van der Waals surface area contributed by atoms with E-state index in [0.29, 0.717) is 5.82 Å². The Labute approximate surface area is 307 Å². The lowest BCUT2D eigenvalue weighted by atomic mass is 9.97. The first-order valence-corrected chi connectivity index (χ1v) is 17.9. The van der Waals surface area contributed by atoms with Crippen LogP contribution in [0, 0.1) is 0 Å². The summed E-state index contributed by atoms with van der Waals surface area (Å²) < 4.78 is 6.06. The lowest BCUT2D eigenvalue weighted by Crippen LogP contribution is -1.96. The zero-order valence-electron chi connectivity index (χ0n) is 28.8. The Balaban J connectivity index is 0.985. The number of furan rings is 1. The van der Waals surface area contributed by atoms with Gasteiger partial charge in [-0.3, -0.25) is 0 Å². The van der Waals surface area contributed by atoms with Crippen molar-refractivity contribution in [2.75, 3.05) is 0 Å². The highest BCUT2D eigenvalue weighted by Gasteiger charge is 2.13. The van der Waals surface area contributed by atoms with E-state index >= 15 is 0 Å². The third-order valence-electron chi connectivity index (χ3n) is 10.1. The van der Waals surface area contributed by atoms with Gasteiger partial charge in [-0.1, -0.05) is 158 Å². The third kappa shape index (κ3) is 5.85. The normalized spacial score (nSPS) is 11.4. The van der Waals surface area contributed by atoms with Crippen molar-refractivity contribution in [2.45, 2.75) is 0 Å². The molecular weight excluding hydrogens is 645 g/mol. The highest BCUT2D eigenvalue weighted by Crippen LogP contribution is 2.35. The molecule has 2 aromatic heterocycles. The van der Waals surface area contributed by atoms with Crippen LogP contribution in [0.4, 0.5) is 0 Å². The zero-order chi connectivity index (χ0) is 35.1. The van der Waals surface area contributed by atoms with Crippen molar-refractivity contribution in [1.82, 2.24) is 9.97 Å². The molecule has 53 heavy (non-hydrogen) atoms. The molecule has 10 aromatic rings. The average Bonchev–Trinajstić information content (AvgIpc) is 3.62. The molecule has 0 saturated carbocycles. The molecule has 3 nitrogen and oxygen atoms in total. The summed E-state index contributed by atoms with van der Waals surface area (Å²) in [5.41, 5.74) is 13.6. The number of benzene rings is 8. The fourth-order valence-corrected chi connectivity index (χ4v) is 7.28. The Morgan fingerprint density at radius 3 is 1.58 bits per heavy atom. The van der Waals surface area contributed by atoms with Gasteiger partial charge in [-0.2, -0.15) is 0 Å². The Morgan fingerprint density at radius 1 is 0.283 bits per heavy atom. The summed E-state index contributed by atoms with van der Waals surface area (Å²) in [5.74, 6) is 0.703. The summed E-state index contributed by atoms with van der Waals surface area (Å²) in [6.45, 7) is 0. The van der Waals surface area contributed by atoms with Gasteiger partial charge in [-0.25, -0.2) is 9.97 Å². The van der Waals surface area contributed by atoms with Gasteiger partial charge in [0.1, 0.15) is 11.2 Å². The second kappa shape index (κ2) is 12.9. The number of fused-ring (bicyclic) bond motifs is 4. The SMILES string of the molecule is c1ccc(-c2nc(-c3ccc(-c4ccc5ccccc5c4)cc3)cc(-c3cccc(-c4ccc(-c5ccc6oc7ccccc7c6c5)cc4)c3)n2)cc1. The maximum atomic E-state index is 6.06. The van der Waals surface area contributed by atoms with Gasteiger partial charge in [0.25, 0.3) is 0 Å². The molecule has 0 fully saturated rings. The van der Waals surface area contributed by atoms with E-state index in [1.165, 1.54) is 21.9 Å². The van der Waals surface area contributed by atoms with E-state index in [4.69, 9.17) is 14.4 Å². The van der Waals surface area contributed by atoms with Crippen LogP contribution in [-0.2, 0) is 0 Å². The molecule has 2 heterocycles. The summed E-state index contributed by atoms with van der Waals surface area (Å²) >= 11 is 0. The Kier molecular flexibility index (Phi) is 7.47. The first-order chi connectivity index (χ1) is 26.2. The molecule has 0 aliphatic heterocycles. The van der Waals surface area contributed by atoms with E-state index in [2.05, 4.69) is 164 Å². The molecule has 248 valence electrons. The van der Waals surface area contributed by atoms with Gasteiger partial charge < -0.3 is 4.42 Å². The lowest BCUT2D eigenvalue weighted by Gasteiger charge is -2.11. The maximum Gasteiger partial charge on any atom is 0.160 e. The highest BCUT2D eigenvalue weighted by atomic mass is 16.3. The molecule has 0 unspecified atom stereocenters. The van der Waals surface area contributed by atoms with Gasteiger partial charge in [0.2, 0.25) is 0 Å². The minimum atomic E-state index is 0.703. The molecule has 0 spiro atoms. The van der Waals surface area contributed by atoms with Crippen LogP contribution < -0.4 is 0 Å². The van der Waals surface area contributed by atoms with Gasteiger partial charge in [-0.15, -0.1) is 0 Å². The second-order valence-corrected chi connectivity index (χ2v) is 13.4. The van der Waals surface area contributed by atoms with Crippen molar-refractivity contribution >= 4 is 32.7 Å². The van der Waals surface area contributed by atoms with Crippen LogP contribution in [0.5, 0.6) is 0 Å². The Bertz CT molecular complexity index is 2920. The molecule has 0 bridgehead atoms.